The number of para-hydroxylation sites is 1. The zero-order valence-corrected chi connectivity index (χ0v) is 12.9. The predicted molar refractivity (Wildman–Crippen MR) is 94.0 cm³/mol. The largest absolute Gasteiger partial charge is 0.336 e. The first-order chi connectivity index (χ1) is 11.6. The van der Waals surface area contributed by atoms with Crippen LogP contribution in [0.5, 0.6) is 0 Å². The molecule has 4 aromatic rings. The number of nitrogen functional groups attached to an aromatic ring is 1. The molecule has 6 heteroatoms. The zero-order chi connectivity index (χ0) is 16.8. The number of hydrogen-bond acceptors (Lipinski definition) is 4. The first-order valence-corrected chi connectivity index (χ1v) is 7.46. The minimum Gasteiger partial charge on any atom is -0.336 e. The van der Waals surface area contributed by atoms with Crippen molar-refractivity contribution in [1.29, 1.82) is 0 Å². The van der Waals surface area contributed by atoms with Crippen LogP contribution in [0.1, 0.15) is 5.69 Å². The van der Waals surface area contributed by atoms with E-state index in [-0.39, 0.29) is 11.1 Å². The molecule has 0 unspecified atom stereocenters. The summed E-state index contributed by atoms with van der Waals surface area (Å²) in [5.74, 6) is 5.65. The Balaban J connectivity index is 2.21. The van der Waals surface area contributed by atoms with Gasteiger partial charge in [0.25, 0.3) is 11.1 Å². The Labute approximate surface area is 136 Å². The van der Waals surface area contributed by atoms with Crippen molar-refractivity contribution in [1.82, 2.24) is 14.2 Å². The van der Waals surface area contributed by atoms with Gasteiger partial charge in [-0.1, -0.05) is 18.2 Å². The maximum atomic E-state index is 13.0. The van der Waals surface area contributed by atoms with Crippen LogP contribution in [-0.2, 0) is 0 Å². The minimum absolute atomic E-state index is 0.217. The lowest BCUT2D eigenvalue weighted by Gasteiger charge is -2.10. The van der Waals surface area contributed by atoms with Crippen molar-refractivity contribution < 1.29 is 0 Å². The number of pyridine rings is 3. The van der Waals surface area contributed by atoms with Crippen LogP contribution in [-0.4, -0.2) is 14.2 Å². The van der Waals surface area contributed by atoms with Crippen molar-refractivity contribution in [3.8, 4) is 5.69 Å². The minimum atomic E-state index is -0.367. The van der Waals surface area contributed by atoms with E-state index in [1.807, 2.05) is 30.3 Å². The summed E-state index contributed by atoms with van der Waals surface area (Å²) in [5.41, 5.74) is 1.29. The normalized spacial score (nSPS) is 11.2. The summed E-state index contributed by atoms with van der Waals surface area (Å²) in [6, 6.07) is 12.8. The Morgan fingerprint density at radius 2 is 1.67 bits per heavy atom. The average molecular weight is 318 g/mol. The smallest absolute Gasteiger partial charge is 0.278 e. The molecule has 0 saturated carbocycles. The van der Waals surface area contributed by atoms with Gasteiger partial charge in [-0.2, -0.15) is 0 Å². The molecule has 0 aliphatic rings. The standard InChI is InChI=1S/C18H14N4O2/c1-11-15-13(7-10-22(19)18(15)24)16-14(20-11)8-9-21(17(16)23)12-5-3-2-4-6-12/h2-10H,19H2,1H3. The fraction of sp³-hybridized carbons (Fsp3) is 0.0556. The first-order valence-electron chi connectivity index (χ1n) is 7.46. The van der Waals surface area contributed by atoms with E-state index in [1.54, 1.807) is 29.8 Å². The Kier molecular flexibility index (Phi) is 2.99. The lowest BCUT2D eigenvalue weighted by atomic mass is 10.1. The van der Waals surface area contributed by atoms with Crippen molar-refractivity contribution in [2.75, 3.05) is 5.84 Å². The molecule has 24 heavy (non-hydrogen) atoms. The molecule has 0 amide bonds. The van der Waals surface area contributed by atoms with E-state index in [9.17, 15) is 9.59 Å². The molecule has 0 atom stereocenters. The van der Waals surface area contributed by atoms with Gasteiger partial charge in [0.05, 0.1) is 22.0 Å². The van der Waals surface area contributed by atoms with Gasteiger partial charge in [-0.3, -0.25) is 19.1 Å². The molecule has 3 aromatic heterocycles. The maximum absolute atomic E-state index is 13.0. The lowest BCUT2D eigenvalue weighted by Crippen LogP contribution is -2.27. The Hall–Kier alpha value is -3.41. The highest BCUT2D eigenvalue weighted by Crippen LogP contribution is 2.21. The number of fused-ring (bicyclic) bond motifs is 3. The SMILES string of the molecule is Cc1nc2ccn(-c3ccccc3)c(=O)c2c2ccn(N)c(=O)c12. The van der Waals surface area contributed by atoms with Gasteiger partial charge in [-0.15, -0.1) is 0 Å². The first kappa shape index (κ1) is 14.2. The molecule has 0 spiro atoms. The van der Waals surface area contributed by atoms with Crippen molar-refractivity contribution in [3.05, 3.63) is 81.3 Å². The van der Waals surface area contributed by atoms with Crippen molar-refractivity contribution in [3.63, 3.8) is 0 Å². The van der Waals surface area contributed by atoms with E-state index in [0.717, 1.165) is 10.4 Å². The molecule has 0 bridgehead atoms. The number of nitrogens with zero attached hydrogens (tertiary/aromatic N) is 3. The van der Waals surface area contributed by atoms with Crippen LogP contribution in [0.4, 0.5) is 0 Å². The molecule has 4 rings (SSSR count). The monoisotopic (exact) mass is 318 g/mol. The van der Waals surface area contributed by atoms with E-state index in [1.165, 1.54) is 6.20 Å². The van der Waals surface area contributed by atoms with Crippen molar-refractivity contribution in [2.24, 2.45) is 0 Å². The van der Waals surface area contributed by atoms with Crippen LogP contribution >= 0.6 is 0 Å². The second-order valence-electron chi connectivity index (χ2n) is 5.60. The van der Waals surface area contributed by atoms with Gasteiger partial charge in [0.15, 0.2) is 0 Å². The summed E-state index contributed by atoms with van der Waals surface area (Å²) in [7, 11) is 0. The van der Waals surface area contributed by atoms with E-state index >= 15 is 0 Å². The van der Waals surface area contributed by atoms with Crippen LogP contribution in [0.25, 0.3) is 27.4 Å². The van der Waals surface area contributed by atoms with Crippen LogP contribution in [0, 0.1) is 6.92 Å². The summed E-state index contributed by atoms with van der Waals surface area (Å²) in [4.78, 5) is 29.8. The molecule has 2 N–H and O–H groups in total. The molecule has 0 aliphatic carbocycles. The topological polar surface area (TPSA) is 82.9 Å². The van der Waals surface area contributed by atoms with Gasteiger partial charge in [0.1, 0.15) is 0 Å². The third-order valence-corrected chi connectivity index (χ3v) is 4.14. The maximum Gasteiger partial charge on any atom is 0.278 e. The highest BCUT2D eigenvalue weighted by atomic mass is 16.1. The van der Waals surface area contributed by atoms with Crippen molar-refractivity contribution >= 4 is 21.7 Å². The molecule has 3 heterocycles. The number of rotatable bonds is 1. The molecule has 0 radical (unpaired) electrons. The number of hydrogen-bond donors (Lipinski definition) is 1. The Morgan fingerprint density at radius 1 is 0.917 bits per heavy atom. The Morgan fingerprint density at radius 3 is 2.42 bits per heavy atom. The van der Waals surface area contributed by atoms with Crippen LogP contribution in [0.15, 0.2) is 64.4 Å². The molecular weight excluding hydrogens is 304 g/mol. The molecule has 0 aliphatic heterocycles. The van der Waals surface area contributed by atoms with Crippen LogP contribution in [0.2, 0.25) is 0 Å². The Bertz CT molecular complexity index is 1210. The number of aromatic nitrogens is 3. The molecule has 0 fully saturated rings. The second kappa shape index (κ2) is 5.06. The van der Waals surface area contributed by atoms with Gasteiger partial charge in [0, 0.05) is 23.5 Å². The third kappa shape index (κ3) is 1.93. The highest BCUT2D eigenvalue weighted by molar-refractivity contribution is 6.05. The van der Waals surface area contributed by atoms with Gasteiger partial charge in [-0.25, -0.2) is 4.68 Å². The van der Waals surface area contributed by atoms with E-state index in [0.29, 0.717) is 27.4 Å². The van der Waals surface area contributed by atoms with Gasteiger partial charge in [0.2, 0.25) is 0 Å². The van der Waals surface area contributed by atoms with Crippen LogP contribution in [0.3, 0.4) is 0 Å². The zero-order valence-electron chi connectivity index (χ0n) is 12.9. The van der Waals surface area contributed by atoms with E-state index in [4.69, 9.17) is 5.84 Å². The fourth-order valence-electron chi connectivity index (χ4n) is 3.01. The average Bonchev–Trinajstić information content (AvgIpc) is 2.58. The van der Waals surface area contributed by atoms with E-state index in [2.05, 4.69) is 4.98 Å². The lowest BCUT2D eigenvalue weighted by molar-refractivity contribution is 0.949. The summed E-state index contributed by atoms with van der Waals surface area (Å²) in [6.45, 7) is 1.74. The number of benzene rings is 1. The molecule has 1 aromatic carbocycles. The fourth-order valence-corrected chi connectivity index (χ4v) is 3.01. The third-order valence-electron chi connectivity index (χ3n) is 4.14. The molecule has 118 valence electrons. The second-order valence-corrected chi connectivity index (χ2v) is 5.60. The summed E-state index contributed by atoms with van der Waals surface area (Å²) >= 11 is 0. The molecule has 0 saturated heterocycles. The number of nitrogens with two attached hydrogens (primary N) is 1. The highest BCUT2D eigenvalue weighted by Gasteiger charge is 2.14. The predicted octanol–water partition coefficient (Wildman–Crippen LogP) is 1.72. The quantitative estimate of drug-likeness (QED) is 0.428. The van der Waals surface area contributed by atoms with Gasteiger partial charge < -0.3 is 5.84 Å². The summed E-state index contributed by atoms with van der Waals surface area (Å²) < 4.78 is 2.55. The summed E-state index contributed by atoms with van der Waals surface area (Å²) in [6.07, 6.45) is 3.16. The molecule has 6 nitrogen and oxygen atoms in total. The van der Waals surface area contributed by atoms with E-state index < -0.39 is 0 Å². The van der Waals surface area contributed by atoms with Crippen molar-refractivity contribution in [2.45, 2.75) is 6.92 Å². The molecular formula is C18H14N4O2. The van der Waals surface area contributed by atoms with Crippen LogP contribution < -0.4 is 17.0 Å². The number of aryl methyl sites for hydroxylation is 1. The van der Waals surface area contributed by atoms with Gasteiger partial charge in [-0.05, 0) is 31.2 Å². The van der Waals surface area contributed by atoms with Gasteiger partial charge >= 0.3 is 0 Å². The summed E-state index contributed by atoms with van der Waals surface area (Å²) in [5, 5.41) is 1.36.